The van der Waals surface area contributed by atoms with E-state index < -0.39 is 0 Å². The van der Waals surface area contributed by atoms with E-state index in [2.05, 4.69) is 0 Å². The van der Waals surface area contributed by atoms with Gasteiger partial charge in [-0.05, 0) is 61.5 Å². The highest BCUT2D eigenvalue weighted by molar-refractivity contribution is 7.98. The zero-order chi connectivity index (χ0) is 19.6. The molecule has 0 saturated heterocycles. The fourth-order valence-electron chi connectivity index (χ4n) is 4.85. The first-order valence-corrected chi connectivity index (χ1v) is 11.0. The second-order valence-electron chi connectivity index (χ2n) is 7.91. The number of benzene rings is 1. The highest BCUT2D eigenvalue weighted by Crippen LogP contribution is 2.42. The highest BCUT2D eigenvalue weighted by Gasteiger charge is 2.41. The summed E-state index contributed by atoms with van der Waals surface area (Å²) in [6, 6.07) is 4.27. The lowest BCUT2D eigenvalue weighted by Crippen LogP contribution is -2.49. The number of hydrogen-bond donors (Lipinski definition) is 1. The van der Waals surface area contributed by atoms with Crippen molar-refractivity contribution in [1.82, 2.24) is 4.90 Å². The maximum atomic E-state index is 13.1. The number of carbonyl (C=O) groups is 1. The van der Waals surface area contributed by atoms with Gasteiger partial charge in [0, 0.05) is 30.4 Å². The van der Waals surface area contributed by atoms with E-state index in [-0.39, 0.29) is 24.2 Å². The Bertz CT molecular complexity index is 674. The lowest BCUT2D eigenvalue weighted by molar-refractivity contribution is -0.137. The number of fused-ring (bicyclic) bond motifs is 2. The molecule has 2 unspecified atom stereocenters. The van der Waals surface area contributed by atoms with Crippen molar-refractivity contribution in [3.8, 4) is 11.5 Å². The molecule has 0 heterocycles. The minimum Gasteiger partial charge on any atom is -0.493 e. The van der Waals surface area contributed by atoms with Gasteiger partial charge in [0.1, 0.15) is 0 Å². The second-order valence-corrected chi connectivity index (χ2v) is 8.76. The van der Waals surface area contributed by atoms with Gasteiger partial charge in [0.15, 0.2) is 11.5 Å². The zero-order valence-corrected chi connectivity index (χ0v) is 18.9. The van der Waals surface area contributed by atoms with Gasteiger partial charge in [-0.3, -0.25) is 4.79 Å². The maximum Gasteiger partial charge on any atom is 0.225 e. The van der Waals surface area contributed by atoms with E-state index in [4.69, 9.17) is 15.2 Å². The molecule has 2 saturated carbocycles. The van der Waals surface area contributed by atoms with Crippen molar-refractivity contribution in [2.24, 2.45) is 23.5 Å². The fraction of sp³-hybridized carbons (Fsp3) is 0.667. The Morgan fingerprint density at radius 2 is 1.75 bits per heavy atom. The first-order chi connectivity index (χ1) is 13.0. The van der Waals surface area contributed by atoms with E-state index in [1.165, 1.54) is 19.3 Å². The Hall–Kier alpha value is -1.11. The van der Waals surface area contributed by atoms with Gasteiger partial charge in [0.05, 0.1) is 14.2 Å². The van der Waals surface area contributed by atoms with Crippen LogP contribution in [0.15, 0.2) is 17.0 Å². The lowest BCUT2D eigenvalue weighted by Gasteiger charge is -2.44. The third-order valence-corrected chi connectivity index (χ3v) is 7.15. The minimum atomic E-state index is 0. The average molecular weight is 429 g/mol. The molecule has 2 bridgehead atoms. The maximum absolute atomic E-state index is 13.1. The van der Waals surface area contributed by atoms with Crippen LogP contribution in [0.5, 0.6) is 11.5 Å². The molecule has 158 valence electrons. The number of thioether (sulfide) groups is 1. The van der Waals surface area contributed by atoms with E-state index in [9.17, 15) is 4.79 Å². The quantitative estimate of drug-likeness (QED) is 0.694. The van der Waals surface area contributed by atoms with Gasteiger partial charge in [-0.2, -0.15) is 0 Å². The van der Waals surface area contributed by atoms with Gasteiger partial charge >= 0.3 is 0 Å². The summed E-state index contributed by atoms with van der Waals surface area (Å²) in [5.74, 6) is 2.81. The predicted octanol–water partition coefficient (Wildman–Crippen LogP) is 3.96. The van der Waals surface area contributed by atoms with E-state index in [1.807, 2.05) is 30.3 Å². The number of carbonyl (C=O) groups excluding carboxylic acids is 1. The molecule has 0 radical (unpaired) electrons. The van der Waals surface area contributed by atoms with Crippen LogP contribution in [0.3, 0.4) is 0 Å². The van der Waals surface area contributed by atoms with Gasteiger partial charge in [-0.25, -0.2) is 0 Å². The van der Waals surface area contributed by atoms with Crippen LogP contribution in [-0.2, 0) is 11.3 Å². The van der Waals surface area contributed by atoms with Crippen LogP contribution in [0.4, 0.5) is 0 Å². The molecule has 28 heavy (non-hydrogen) atoms. The average Bonchev–Trinajstić information content (AvgIpc) is 2.66. The number of rotatable bonds is 6. The third-order valence-electron chi connectivity index (χ3n) is 6.33. The molecule has 2 aliphatic rings. The summed E-state index contributed by atoms with van der Waals surface area (Å²) in [6.45, 7) is 0.577. The van der Waals surface area contributed by atoms with Crippen LogP contribution < -0.4 is 15.2 Å². The molecule has 0 aromatic heterocycles. The number of nitrogens with two attached hydrogens (primary N) is 1. The first-order valence-electron chi connectivity index (χ1n) is 9.77. The van der Waals surface area contributed by atoms with Gasteiger partial charge in [-0.15, -0.1) is 24.2 Å². The number of hydrogen-bond acceptors (Lipinski definition) is 5. The molecule has 2 fully saturated rings. The summed E-state index contributed by atoms with van der Waals surface area (Å²) in [6.07, 6.45) is 7.55. The molecule has 5 nitrogen and oxygen atoms in total. The molecule has 2 N–H and O–H groups in total. The van der Waals surface area contributed by atoms with Gasteiger partial charge in [-0.1, -0.05) is 6.42 Å². The van der Waals surface area contributed by atoms with Crippen molar-refractivity contribution in [3.05, 3.63) is 17.7 Å². The number of ether oxygens (including phenoxy) is 2. The van der Waals surface area contributed by atoms with Crippen molar-refractivity contribution in [3.63, 3.8) is 0 Å². The molecule has 2 atom stereocenters. The molecule has 1 amide bonds. The summed E-state index contributed by atoms with van der Waals surface area (Å²) in [5.41, 5.74) is 7.48. The Kier molecular flexibility index (Phi) is 8.34. The summed E-state index contributed by atoms with van der Waals surface area (Å²) >= 11 is 1.66. The molecule has 0 aliphatic heterocycles. The first kappa shape index (κ1) is 23.2. The Labute approximate surface area is 179 Å². The van der Waals surface area contributed by atoms with E-state index >= 15 is 0 Å². The molecule has 1 aromatic rings. The number of amides is 1. The van der Waals surface area contributed by atoms with Crippen LogP contribution in [0.2, 0.25) is 0 Å². The van der Waals surface area contributed by atoms with Crippen LogP contribution in [0.25, 0.3) is 0 Å². The van der Waals surface area contributed by atoms with Gasteiger partial charge in [0.2, 0.25) is 5.91 Å². The molecular formula is C21H33ClN2O3S. The molecule has 0 spiro atoms. The molecule has 3 rings (SSSR count). The van der Waals surface area contributed by atoms with Gasteiger partial charge in [0.25, 0.3) is 0 Å². The smallest absolute Gasteiger partial charge is 0.225 e. The van der Waals surface area contributed by atoms with E-state index in [0.29, 0.717) is 35.9 Å². The summed E-state index contributed by atoms with van der Waals surface area (Å²) in [5, 5.41) is 0. The van der Waals surface area contributed by atoms with Gasteiger partial charge < -0.3 is 20.1 Å². The van der Waals surface area contributed by atoms with E-state index in [0.717, 1.165) is 23.3 Å². The Balaban J connectivity index is 0.00000280. The standard InChI is InChI=1S/C21H32N2O3S.ClH/c1-23(12-16-10-17(25-2)18(26-3)11-19(16)27-4)21(24)15-8-13-6-5-7-14(9-15)20(13)22;/h10-11,13-15,20H,5-9,12,22H2,1-4H3;1H. The SMILES string of the molecule is COc1cc(CN(C)C(=O)C2CC3CCCC(C2)C3N)c(SC)cc1OC.Cl. The molecular weight excluding hydrogens is 396 g/mol. The van der Waals surface area contributed by atoms with Crippen molar-refractivity contribution in [2.45, 2.75) is 49.6 Å². The summed E-state index contributed by atoms with van der Waals surface area (Å²) in [7, 11) is 5.19. The van der Waals surface area contributed by atoms with E-state index in [1.54, 1.807) is 26.0 Å². The predicted molar refractivity (Wildman–Crippen MR) is 117 cm³/mol. The van der Waals surface area contributed by atoms with Crippen LogP contribution >= 0.6 is 24.2 Å². The van der Waals surface area contributed by atoms with Crippen molar-refractivity contribution < 1.29 is 14.3 Å². The van der Waals surface area contributed by atoms with Crippen LogP contribution in [0.1, 0.15) is 37.7 Å². The number of halogens is 1. The molecule has 2 aliphatic carbocycles. The second kappa shape index (κ2) is 10.1. The van der Waals surface area contributed by atoms with Crippen LogP contribution in [0, 0.1) is 17.8 Å². The highest BCUT2D eigenvalue weighted by atomic mass is 35.5. The number of methoxy groups -OCH3 is 2. The summed E-state index contributed by atoms with van der Waals surface area (Å²) < 4.78 is 10.8. The van der Waals surface area contributed by atoms with Crippen molar-refractivity contribution in [1.29, 1.82) is 0 Å². The topological polar surface area (TPSA) is 64.8 Å². The van der Waals surface area contributed by atoms with Crippen molar-refractivity contribution in [2.75, 3.05) is 27.5 Å². The fourth-order valence-corrected chi connectivity index (χ4v) is 5.46. The summed E-state index contributed by atoms with van der Waals surface area (Å²) in [4.78, 5) is 16.1. The van der Waals surface area contributed by atoms with Crippen LogP contribution in [-0.4, -0.2) is 44.4 Å². The zero-order valence-electron chi connectivity index (χ0n) is 17.3. The third kappa shape index (κ3) is 4.71. The number of nitrogens with zero attached hydrogens (tertiary/aromatic N) is 1. The largest absolute Gasteiger partial charge is 0.493 e. The Morgan fingerprint density at radius 1 is 1.18 bits per heavy atom. The Morgan fingerprint density at radius 3 is 2.29 bits per heavy atom. The minimum absolute atomic E-state index is 0. The monoisotopic (exact) mass is 428 g/mol. The van der Waals surface area contributed by atoms with Crippen molar-refractivity contribution >= 4 is 30.1 Å². The lowest BCUT2D eigenvalue weighted by atomic mass is 9.65. The molecule has 7 heteroatoms. The normalized spacial score (nSPS) is 26.2. The molecule has 1 aromatic carbocycles.